The molecule has 19 heavy (non-hydrogen) atoms. The Morgan fingerprint density at radius 2 is 1.79 bits per heavy atom. The minimum atomic E-state index is -0.940. The summed E-state index contributed by atoms with van der Waals surface area (Å²) < 4.78 is 0. The maximum Gasteiger partial charge on any atom is 0.111 e. The van der Waals surface area contributed by atoms with Gasteiger partial charge in [0.15, 0.2) is 0 Å². The molecule has 2 N–H and O–H groups in total. The molecule has 1 aromatic rings. The first-order valence-corrected chi connectivity index (χ1v) is 6.94. The van der Waals surface area contributed by atoms with Crippen LogP contribution in [0.5, 0.6) is 0 Å². The van der Waals surface area contributed by atoms with Crippen LogP contribution in [-0.2, 0) is 5.41 Å². The van der Waals surface area contributed by atoms with Gasteiger partial charge in [0.05, 0.1) is 5.60 Å². The predicted molar refractivity (Wildman–Crippen MR) is 78.1 cm³/mol. The Morgan fingerprint density at radius 3 is 2.26 bits per heavy atom. The molecule has 0 aliphatic heterocycles. The Bertz CT molecular complexity index is 483. The van der Waals surface area contributed by atoms with E-state index in [2.05, 4.69) is 26.0 Å². The number of hydrogen-bond acceptors (Lipinski definition) is 2. The summed E-state index contributed by atoms with van der Waals surface area (Å²) in [5, 5.41) is 20.6. The highest BCUT2D eigenvalue weighted by molar-refractivity contribution is 5.36. The van der Waals surface area contributed by atoms with Crippen LogP contribution in [0.4, 0.5) is 0 Å². The number of aliphatic hydroxyl groups excluding tert-OH is 1. The lowest BCUT2D eigenvalue weighted by molar-refractivity contribution is -0.00182. The van der Waals surface area contributed by atoms with Gasteiger partial charge < -0.3 is 10.2 Å². The molecule has 2 rings (SSSR count). The van der Waals surface area contributed by atoms with Crippen LogP contribution in [0.3, 0.4) is 0 Å². The van der Waals surface area contributed by atoms with Gasteiger partial charge in [-0.3, -0.25) is 0 Å². The number of hydrogen-bond donors (Lipinski definition) is 2. The Morgan fingerprint density at radius 1 is 1.16 bits per heavy atom. The van der Waals surface area contributed by atoms with Crippen molar-refractivity contribution in [3.63, 3.8) is 0 Å². The van der Waals surface area contributed by atoms with E-state index < -0.39 is 5.60 Å². The van der Waals surface area contributed by atoms with E-state index in [0.717, 1.165) is 18.4 Å². The van der Waals surface area contributed by atoms with Gasteiger partial charge in [-0.05, 0) is 36.6 Å². The van der Waals surface area contributed by atoms with E-state index in [-0.39, 0.29) is 11.2 Å². The van der Waals surface area contributed by atoms with Gasteiger partial charge in [0.25, 0.3) is 0 Å². The van der Waals surface area contributed by atoms with Gasteiger partial charge in [0.1, 0.15) is 5.76 Å². The van der Waals surface area contributed by atoms with Gasteiger partial charge in [-0.25, -0.2) is 0 Å². The van der Waals surface area contributed by atoms with E-state index >= 15 is 0 Å². The van der Waals surface area contributed by atoms with Crippen molar-refractivity contribution in [2.75, 3.05) is 0 Å². The second-order valence-electron chi connectivity index (χ2n) is 5.25. The SMILES string of the molecule is CCC(CC)(c1ccccc1)C1(O)C=CC(O)=CC1. The molecule has 1 aliphatic rings. The van der Waals surface area contributed by atoms with Crippen molar-refractivity contribution >= 4 is 0 Å². The zero-order chi connectivity index (χ0) is 13.9. The van der Waals surface area contributed by atoms with E-state index in [0.29, 0.717) is 6.42 Å². The molecule has 0 aromatic heterocycles. The van der Waals surface area contributed by atoms with Crippen molar-refractivity contribution in [1.82, 2.24) is 0 Å². The summed E-state index contributed by atoms with van der Waals surface area (Å²) in [6, 6.07) is 10.2. The molecule has 1 unspecified atom stereocenters. The van der Waals surface area contributed by atoms with Crippen LogP contribution >= 0.6 is 0 Å². The third-order valence-corrected chi connectivity index (χ3v) is 4.51. The molecule has 0 amide bonds. The normalized spacial score (nSPS) is 23.2. The van der Waals surface area contributed by atoms with Gasteiger partial charge in [0.2, 0.25) is 0 Å². The van der Waals surface area contributed by atoms with E-state index in [4.69, 9.17) is 0 Å². The molecule has 0 spiro atoms. The molecule has 1 atom stereocenters. The van der Waals surface area contributed by atoms with E-state index in [1.54, 1.807) is 18.2 Å². The quantitative estimate of drug-likeness (QED) is 0.860. The van der Waals surface area contributed by atoms with Crippen LogP contribution in [0.1, 0.15) is 38.7 Å². The summed E-state index contributed by atoms with van der Waals surface area (Å²) in [6.07, 6.45) is 7.20. The number of allylic oxidation sites excluding steroid dienone is 1. The average Bonchev–Trinajstić information content (AvgIpc) is 2.45. The fourth-order valence-electron chi connectivity index (χ4n) is 3.25. The van der Waals surface area contributed by atoms with E-state index in [9.17, 15) is 10.2 Å². The van der Waals surface area contributed by atoms with Gasteiger partial charge >= 0.3 is 0 Å². The van der Waals surface area contributed by atoms with Crippen LogP contribution in [0.25, 0.3) is 0 Å². The van der Waals surface area contributed by atoms with Crippen LogP contribution < -0.4 is 0 Å². The third-order valence-electron chi connectivity index (χ3n) is 4.51. The van der Waals surface area contributed by atoms with Crippen LogP contribution in [0.2, 0.25) is 0 Å². The Labute approximate surface area is 115 Å². The molecule has 2 heteroatoms. The lowest BCUT2D eigenvalue weighted by atomic mass is 9.61. The smallest absolute Gasteiger partial charge is 0.111 e. The standard InChI is InChI=1S/C17H22O2/c1-3-16(4-2,14-8-6-5-7-9-14)17(19)12-10-15(18)11-13-17/h5-12,18-19H,3-4,13H2,1-2H3. The molecule has 1 aromatic carbocycles. The van der Waals surface area contributed by atoms with Crippen molar-refractivity contribution in [3.8, 4) is 0 Å². The summed E-state index contributed by atoms with van der Waals surface area (Å²) in [7, 11) is 0. The molecule has 0 fully saturated rings. The zero-order valence-electron chi connectivity index (χ0n) is 11.6. The number of aliphatic hydroxyl groups is 2. The summed E-state index contributed by atoms with van der Waals surface area (Å²) in [5.41, 5.74) is -0.103. The Hall–Kier alpha value is -1.54. The van der Waals surface area contributed by atoms with E-state index in [1.807, 2.05) is 18.2 Å². The molecule has 102 valence electrons. The molecular formula is C17H22O2. The van der Waals surface area contributed by atoms with Crippen LogP contribution in [-0.4, -0.2) is 15.8 Å². The lowest BCUT2D eigenvalue weighted by Crippen LogP contribution is -2.50. The number of benzene rings is 1. The second kappa shape index (κ2) is 5.22. The van der Waals surface area contributed by atoms with Crippen molar-refractivity contribution in [1.29, 1.82) is 0 Å². The lowest BCUT2D eigenvalue weighted by Gasteiger charge is -2.46. The Balaban J connectivity index is 2.49. The Kier molecular flexibility index (Phi) is 3.81. The summed E-state index contributed by atoms with van der Waals surface area (Å²) in [6.45, 7) is 4.22. The number of rotatable bonds is 4. The minimum absolute atomic E-state index is 0.235. The van der Waals surface area contributed by atoms with Gasteiger partial charge in [-0.2, -0.15) is 0 Å². The molecule has 0 radical (unpaired) electrons. The molecule has 0 bridgehead atoms. The van der Waals surface area contributed by atoms with Crippen LogP contribution in [0.15, 0.2) is 54.3 Å². The maximum absolute atomic E-state index is 11.1. The predicted octanol–water partition coefficient (Wildman–Crippen LogP) is 3.88. The molecule has 0 saturated carbocycles. The fraction of sp³-hybridized carbons (Fsp3) is 0.412. The average molecular weight is 258 g/mol. The molecular weight excluding hydrogens is 236 g/mol. The fourth-order valence-corrected chi connectivity index (χ4v) is 3.25. The van der Waals surface area contributed by atoms with Gasteiger partial charge in [0, 0.05) is 11.8 Å². The van der Waals surface area contributed by atoms with E-state index in [1.165, 1.54) is 0 Å². The molecule has 1 aliphatic carbocycles. The molecule has 0 heterocycles. The summed E-state index contributed by atoms with van der Waals surface area (Å²) in [4.78, 5) is 0. The topological polar surface area (TPSA) is 40.5 Å². The monoisotopic (exact) mass is 258 g/mol. The molecule has 2 nitrogen and oxygen atoms in total. The maximum atomic E-state index is 11.1. The highest BCUT2D eigenvalue weighted by Crippen LogP contribution is 2.45. The van der Waals surface area contributed by atoms with Crippen molar-refractivity contribution < 1.29 is 10.2 Å². The first-order valence-electron chi connectivity index (χ1n) is 6.94. The summed E-state index contributed by atoms with van der Waals surface area (Å²) in [5.74, 6) is 0.235. The zero-order valence-corrected chi connectivity index (χ0v) is 11.6. The molecule has 0 saturated heterocycles. The largest absolute Gasteiger partial charge is 0.508 e. The van der Waals surface area contributed by atoms with Crippen molar-refractivity contribution in [3.05, 3.63) is 59.9 Å². The van der Waals surface area contributed by atoms with Gasteiger partial charge in [-0.15, -0.1) is 0 Å². The van der Waals surface area contributed by atoms with Crippen molar-refractivity contribution in [2.24, 2.45) is 0 Å². The highest BCUT2D eigenvalue weighted by atomic mass is 16.3. The third kappa shape index (κ3) is 2.21. The highest BCUT2D eigenvalue weighted by Gasteiger charge is 2.47. The van der Waals surface area contributed by atoms with Crippen LogP contribution in [0, 0.1) is 0 Å². The second-order valence-corrected chi connectivity index (χ2v) is 5.25. The van der Waals surface area contributed by atoms with Crippen molar-refractivity contribution in [2.45, 2.75) is 44.1 Å². The summed E-state index contributed by atoms with van der Waals surface area (Å²) >= 11 is 0. The minimum Gasteiger partial charge on any atom is -0.508 e. The first-order chi connectivity index (χ1) is 9.08. The first kappa shape index (κ1) is 13.9. The van der Waals surface area contributed by atoms with Gasteiger partial charge in [-0.1, -0.05) is 44.2 Å².